The van der Waals surface area contributed by atoms with Crippen molar-refractivity contribution in [3.05, 3.63) is 59.0 Å². The van der Waals surface area contributed by atoms with E-state index in [0.717, 1.165) is 23.4 Å². The first kappa shape index (κ1) is 18.2. The molecule has 1 N–H and O–H groups in total. The van der Waals surface area contributed by atoms with Gasteiger partial charge in [-0.3, -0.25) is 14.9 Å². The number of anilines is 2. The minimum absolute atomic E-state index is 0.0407. The summed E-state index contributed by atoms with van der Waals surface area (Å²) >= 11 is 1.36. The van der Waals surface area contributed by atoms with E-state index in [-0.39, 0.29) is 11.8 Å². The molecule has 3 aromatic rings. The maximum Gasteiger partial charge on any atom is 0.261 e. The molecular formula is C21H19N3O3S. The molecule has 6 nitrogen and oxygen atoms in total. The van der Waals surface area contributed by atoms with Crippen LogP contribution in [0, 0.1) is 0 Å². The van der Waals surface area contributed by atoms with Gasteiger partial charge < -0.3 is 9.64 Å². The smallest absolute Gasteiger partial charge is 0.261 e. The normalized spacial score (nSPS) is 12.6. The molecule has 2 heterocycles. The number of amides is 2. The summed E-state index contributed by atoms with van der Waals surface area (Å²) in [6.45, 7) is 2.29. The zero-order chi connectivity index (χ0) is 19.7. The molecule has 0 radical (unpaired) electrons. The Kier molecular flexibility index (Phi) is 4.83. The van der Waals surface area contributed by atoms with Crippen molar-refractivity contribution in [3.63, 3.8) is 0 Å². The van der Waals surface area contributed by atoms with E-state index in [1.807, 2.05) is 29.6 Å². The van der Waals surface area contributed by atoms with Crippen LogP contribution in [0.1, 0.15) is 22.8 Å². The number of hydrogen-bond acceptors (Lipinski definition) is 5. The third-order valence-corrected chi connectivity index (χ3v) is 5.49. The Morgan fingerprint density at radius 2 is 2.04 bits per heavy atom. The van der Waals surface area contributed by atoms with E-state index >= 15 is 0 Å². The van der Waals surface area contributed by atoms with Crippen LogP contribution in [0.3, 0.4) is 0 Å². The lowest BCUT2D eigenvalue weighted by atomic mass is 10.1. The lowest BCUT2D eigenvalue weighted by Crippen LogP contribution is -2.25. The van der Waals surface area contributed by atoms with Crippen molar-refractivity contribution in [2.24, 2.45) is 0 Å². The van der Waals surface area contributed by atoms with Gasteiger partial charge in [-0.05, 0) is 30.2 Å². The Hall–Kier alpha value is -3.19. The number of fused-ring (bicyclic) bond motifs is 1. The van der Waals surface area contributed by atoms with E-state index in [0.29, 0.717) is 23.0 Å². The molecule has 0 bridgehead atoms. The summed E-state index contributed by atoms with van der Waals surface area (Å²) in [6, 6.07) is 13.1. The van der Waals surface area contributed by atoms with Gasteiger partial charge in [0.2, 0.25) is 5.91 Å². The number of para-hydroxylation sites is 1. The van der Waals surface area contributed by atoms with Crippen LogP contribution in [-0.2, 0) is 11.2 Å². The molecule has 0 saturated carbocycles. The summed E-state index contributed by atoms with van der Waals surface area (Å²) in [5.74, 6) is 0.286. The number of benzene rings is 2. The average molecular weight is 393 g/mol. The quantitative estimate of drug-likeness (QED) is 0.728. The van der Waals surface area contributed by atoms with Crippen LogP contribution in [0.5, 0.6) is 5.75 Å². The molecule has 7 heteroatoms. The number of aromatic nitrogens is 1. The highest BCUT2D eigenvalue weighted by Gasteiger charge is 2.23. The Morgan fingerprint density at radius 3 is 2.82 bits per heavy atom. The molecule has 0 fully saturated rings. The third kappa shape index (κ3) is 3.36. The summed E-state index contributed by atoms with van der Waals surface area (Å²) in [6.07, 6.45) is 0.868. The maximum atomic E-state index is 12.5. The number of carbonyl (C=O) groups excluding carboxylic acids is 2. The molecule has 1 aromatic heterocycles. The van der Waals surface area contributed by atoms with Crippen molar-refractivity contribution >= 4 is 34.0 Å². The summed E-state index contributed by atoms with van der Waals surface area (Å²) < 4.78 is 5.24. The number of ether oxygens (including phenoxy) is 1. The van der Waals surface area contributed by atoms with Crippen molar-refractivity contribution in [2.45, 2.75) is 13.3 Å². The van der Waals surface area contributed by atoms with E-state index < -0.39 is 0 Å². The Bertz CT molecular complexity index is 1060. The van der Waals surface area contributed by atoms with Crippen molar-refractivity contribution in [1.29, 1.82) is 0 Å². The minimum Gasteiger partial charge on any atom is -0.496 e. The van der Waals surface area contributed by atoms with Gasteiger partial charge in [0.1, 0.15) is 5.75 Å². The molecular weight excluding hydrogens is 374 g/mol. The van der Waals surface area contributed by atoms with Crippen LogP contribution in [0.4, 0.5) is 10.8 Å². The topological polar surface area (TPSA) is 71.5 Å². The van der Waals surface area contributed by atoms with Crippen molar-refractivity contribution in [1.82, 2.24) is 4.98 Å². The molecule has 1 aliphatic heterocycles. The van der Waals surface area contributed by atoms with E-state index in [4.69, 9.17) is 4.74 Å². The fraction of sp³-hybridized carbons (Fsp3) is 0.190. The number of nitrogens with zero attached hydrogens (tertiary/aromatic N) is 2. The molecule has 0 saturated heterocycles. The third-order valence-electron chi connectivity index (χ3n) is 4.73. The molecule has 2 amide bonds. The second kappa shape index (κ2) is 7.44. The fourth-order valence-corrected chi connectivity index (χ4v) is 4.04. The predicted octanol–water partition coefficient (Wildman–Crippen LogP) is 3.98. The Labute approximate surface area is 166 Å². The van der Waals surface area contributed by atoms with Gasteiger partial charge in [0.25, 0.3) is 5.91 Å². The number of carbonyl (C=O) groups is 2. The highest BCUT2D eigenvalue weighted by Crippen LogP contribution is 2.34. The monoisotopic (exact) mass is 393 g/mol. The lowest BCUT2D eigenvalue weighted by molar-refractivity contribution is -0.116. The zero-order valence-electron chi connectivity index (χ0n) is 15.6. The van der Waals surface area contributed by atoms with Gasteiger partial charge in [0.05, 0.1) is 18.4 Å². The second-order valence-electron chi connectivity index (χ2n) is 6.46. The van der Waals surface area contributed by atoms with E-state index in [1.54, 1.807) is 30.0 Å². The van der Waals surface area contributed by atoms with Gasteiger partial charge in [-0.25, -0.2) is 4.98 Å². The van der Waals surface area contributed by atoms with Crippen molar-refractivity contribution in [3.8, 4) is 17.0 Å². The van der Waals surface area contributed by atoms with Gasteiger partial charge in [0.15, 0.2) is 5.13 Å². The average Bonchev–Trinajstić information content (AvgIpc) is 3.34. The number of thiazole rings is 1. The molecule has 0 spiro atoms. The van der Waals surface area contributed by atoms with Crippen LogP contribution in [0.15, 0.2) is 47.8 Å². The zero-order valence-corrected chi connectivity index (χ0v) is 16.4. The number of nitrogens with one attached hydrogen (secondary N) is 1. The highest BCUT2D eigenvalue weighted by atomic mass is 32.1. The van der Waals surface area contributed by atoms with Crippen LogP contribution < -0.4 is 15.0 Å². The van der Waals surface area contributed by atoms with Crippen LogP contribution in [0.2, 0.25) is 0 Å². The standard InChI is InChI=1S/C21H19N3O3S/c1-13(25)24-10-9-14-7-8-15(11-18(14)24)17-12-28-21(22-17)23-20(26)16-5-3-4-6-19(16)27-2/h3-8,11-12H,9-10H2,1-2H3,(H,22,23,26). The summed E-state index contributed by atoms with van der Waals surface area (Å²) in [5.41, 5.74) is 4.24. The number of rotatable bonds is 4. The first-order valence-corrected chi connectivity index (χ1v) is 9.76. The van der Waals surface area contributed by atoms with Crippen molar-refractivity contribution in [2.75, 3.05) is 23.9 Å². The molecule has 0 unspecified atom stereocenters. The van der Waals surface area contributed by atoms with Gasteiger partial charge >= 0.3 is 0 Å². The molecule has 1 aliphatic rings. The first-order chi connectivity index (χ1) is 13.6. The largest absolute Gasteiger partial charge is 0.496 e. The van der Waals surface area contributed by atoms with Crippen LogP contribution in [0.25, 0.3) is 11.3 Å². The van der Waals surface area contributed by atoms with Crippen molar-refractivity contribution < 1.29 is 14.3 Å². The van der Waals surface area contributed by atoms with E-state index in [1.165, 1.54) is 24.0 Å². The summed E-state index contributed by atoms with van der Waals surface area (Å²) in [5, 5.41) is 5.23. The molecule has 4 rings (SSSR count). The van der Waals surface area contributed by atoms with Crippen LogP contribution >= 0.6 is 11.3 Å². The van der Waals surface area contributed by atoms with E-state index in [9.17, 15) is 9.59 Å². The lowest BCUT2D eigenvalue weighted by Gasteiger charge is -2.15. The number of hydrogen-bond donors (Lipinski definition) is 1. The maximum absolute atomic E-state index is 12.5. The van der Waals surface area contributed by atoms with Gasteiger partial charge in [0, 0.05) is 30.1 Å². The molecule has 142 valence electrons. The van der Waals surface area contributed by atoms with Crippen LogP contribution in [-0.4, -0.2) is 30.5 Å². The first-order valence-electron chi connectivity index (χ1n) is 8.88. The SMILES string of the molecule is COc1ccccc1C(=O)Nc1nc(-c2ccc3c(c2)N(C(C)=O)CC3)cs1. The van der Waals surface area contributed by atoms with E-state index in [2.05, 4.69) is 10.3 Å². The summed E-state index contributed by atoms with van der Waals surface area (Å²) in [7, 11) is 1.53. The molecule has 0 atom stereocenters. The Morgan fingerprint density at radius 1 is 1.21 bits per heavy atom. The predicted molar refractivity (Wildman–Crippen MR) is 110 cm³/mol. The molecule has 28 heavy (non-hydrogen) atoms. The molecule has 2 aromatic carbocycles. The van der Waals surface area contributed by atoms with Gasteiger partial charge in [-0.15, -0.1) is 11.3 Å². The number of methoxy groups -OCH3 is 1. The molecule has 0 aliphatic carbocycles. The fourth-order valence-electron chi connectivity index (χ4n) is 3.33. The highest BCUT2D eigenvalue weighted by molar-refractivity contribution is 7.14. The Balaban J connectivity index is 1.56. The summed E-state index contributed by atoms with van der Waals surface area (Å²) in [4.78, 5) is 30.7. The second-order valence-corrected chi connectivity index (χ2v) is 7.31. The van der Waals surface area contributed by atoms with Gasteiger partial charge in [-0.2, -0.15) is 0 Å². The minimum atomic E-state index is -0.268. The van der Waals surface area contributed by atoms with Gasteiger partial charge in [-0.1, -0.05) is 24.3 Å².